The molecule has 4 aromatic heterocycles. The smallest absolute Gasteiger partial charge is 0.235 e. The summed E-state index contributed by atoms with van der Waals surface area (Å²) in [6.45, 7) is 0. The first kappa shape index (κ1) is 27.9. The fraction of sp³-hybridized carbons (Fsp3) is 0. The molecule has 0 bridgehead atoms. The van der Waals surface area contributed by atoms with Gasteiger partial charge in [-0.05, 0) is 76.9 Å². The van der Waals surface area contributed by atoms with E-state index in [1.54, 1.807) is 6.20 Å². The van der Waals surface area contributed by atoms with Crippen molar-refractivity contribution in [3.8, 4) is 33.9 Å². The molecular weight excluding hydrogens is 625 g/mol. The predicted molar refractivity (Wildman–Crippen MR) is 209 cm³/mol. The van der Waals surface area contributed by atoms with Crippen LogP contribution < -0.4 is 0 Å². The summed E-state index contributed by atoms with van der Waals surface area (Å²) in [4.78, 5) is 9.94. The molecule has 7 aromatic carbocycles. The maximum atomic E-state index is 6.27. The third-order valence-corrected chi connectivity index (χ3v) is 10.2. The van der Waals surface area contributed by atoms with Gasteiger partial charge in [-0.3, -0.25) is 4.57 Å². The Bertz CT molecular complexity index is 3090. The van der Waals surface area contributed by atoms with E-state index in [4.69, 9.17) is 14.4 Å². The molecule has 0 fully saturated rings. The summed E-state index contributed by atoms with van der Waals surface area (Å²) in [6, 6.07) is 58.0. The van der Waals surface area contributed by atoms with Crippen molar-refractivity contribution in [2.45, 2.75) is 0 Å². The van der Waals surface area contributed by atoms with E-state index < -0.39 is 0 Å². The van der Waals surface area contributed by atoms with Crippen molar-refractivity contribution in [2.24, 2.45) is 0 Å². The highest BCUT2D eigenvalue weighted by atomic mass is 16.3. The minimum absolute atomic E-state index is 0.622. The standard InChI is InChI=1S/C46H28N4O/c1-2-11-29(12-3-1)31-21-23-42-37(26-31)36-17-6-7-18-39(36)49(42)33-14-10-13-30(25-33)32-22-24-43-38(27-32)45-44(51-43)28-47-46(48-45)50-40-19-8-4-15-34(40)35-16-5-9-20-41(35)50/h1-28H. The lowest BCUT2D eigenvalue weighted by molar-refractivity contribution is 0.665. The van der Waals surface area contributed by atoms with Crippen LogP contribution in [0.5, 0.6) is 0 Å². The first-order chi connectivity index (χ1) is 25.3. The molecule has 0 aliphatic heterocycles. The third-order valence-electron chi connectivity index (χ3n) is 10.2. The van der Waals surface area contributed by atoms with Gasteiger partial charge in [0.05, 0.1) is 28.3 Å². The van der Waals surface area contributed by atoms with Crippen LogP contribution in [0.25, 0.3) is 99.6 Å². The van der Waals surface area contributed by atoms with Gasteiger partial charge < -0.3 is 8.98 Å². The van der Waals surface area contributed by atoms with E-state index >= 15 is 0 Å². The van der Waals surface area contributed by atoms with Gasteiger partial charge in [0, 0.05) is 32.6 Å². The van der Waals surface area contributed by atoms with Crippen LogP contribution in [0.3, 0.4) is 0 Å². The molecule has 0 atom stereocenters. The number of rotatable bonds is 4. The fourth-order valence-electron chi connectivity index (χ4n) is 7.86. The number of furan rings is 1. The largest absolute Gasteiger partial charge is 0.453 e. The molecule has 0 spiro atoms. The van der Waals surface area contributed by atoms with Crippen LogP contribution in [-0.4, -0.2) is 19.1 Å². The SMILES string of the molecule is c1ccc(-c2ccc3c(c2)c2ccccc2n3-c2cccc(-c3ccc4oc5cnc(-n6c7ccccc7c7ccccc76)nc5c4c3)c2)cc1. The second-order valence-electron chi connectivity index (χ2n) is 13.1. The van der Waals surface area contributed by atoms with Crippen molar-refractivity contribution >= 4 is 65.7 Å². The maximum Gasteiger partial charge on any atom is 0.235 e. The third kappa shape index (κ3) is 4.22. The molecule has 0 radical (unpaired) electrons. The molecule has 0 saturated carbocycles. The second-order valence-corrected chi connectivity index (χ2v) is 13.1. The van der Waals surface area contributed by atoms with E-state index in [1.807, 2.05) is 6.07 Å². The number of hydrogen-bond acceptors (Lipinski definition) is 3. The molecule has 0 amide bonds. The zero-order chi connectivity index (χ0) is 33.5. The number of fused-ring (bicyclic) bond motifs is 9. The van der Waals surface area contributed by atoms with Crippen LogP contribution in [0.1, 0.15) is 0 Å². The second kappa shape index (κ2) is 10.8. The lowest BCUT2D eigenvalue weighted by Crippen LogP contribution is -2.00. The molecular formula is C46H28N4O. The number of para-hydroxylation sites is 3. The molecule has 4 heterocycles. The molecule has 0 unspecified atom stereocenters. The zero-order valence-corrected chi connectivity index (χ0v) is 27.4. The van der Waals surface area contributed by atoms with Gasteiger partial charge in [0.2, 0.25) is 5.95 Å². The Hall–Kier alpha value is -6.98. The summed E-state index contributed by atoms with van der Waals surface area (Å²) >= 11 is 0. The maximum absolute atomic E-state index is 6.27. The van der Waals surface area contributed by atoms with Crippen LogP contribution in [0.2, 0.25) is 0 Å². The van der Waals surface area contributed by atoms with Crippen molar-refractivity contribution < 1.29 is 4.42 Å². The first-order valence-electron chi connectivity index (χ1n) is 17.2. The van der Waals surface area contributed by atoms with Crippen molar-refractivity contribution in [3.05, 3.63) is 170 Å². The lowest BCUT2D eigenvalue weighted by atomic mass is 10.0. The van der Waals surface area contributed by atoms with E-state index in [-0.39, 0.29) is 0 Å². The van der Waals surface area contributed by atoms with Gasteiger partial charge in [0.1, 0.15) is 11.1 Å². The van der Waals surface area contributed by atoms with Crippen molar-refractivity contribution in [3.63, 3.8) is 0 Å². The van der Waals surface area contributed by atoms with E-state index in [9.17, 15) is 0 Å². The highest BCUT2D eigenvalue weighted by molar-refractivity contribution is 6.11. The zero-order valence-electron chi connectivity index (χ0n) is 27.4. The van der Waals surface area contributed by atoms with Gasteiger partial charge in [-0.2, -0.15) is 0 Å². The van der Waals surface area contributed by atoms with Crippen molar-refractivity contribution in [1.82, 2.24) is 19.1 Å². The van der Waals surface area contributed by atoms with E-state index in [1.165, 1.54) is 43.7 Å². The van der Waals surface area contributed by atoms with Gasteiger partial charge in [-0.25, -0.2) is 9.97 Å². The van der Waals surface area contributed by atoms with Gasteiger partial charge in [-0.1, -0.05) is 109 Å². The first-order valence-corrected chi connectivity index (χ1v) is 17.2. The minimum atomic E-state index is 0.622. The topological polar surface area (TPSA) is 48.8 Å². The fourth-order valence-corrected chi connectivity index (χ4v) is 7.86. The number of benzene rings is 7. The van der Waals surface area contributed by atoms with Crippen LogP contribution in [0.15, 0.2) is 174 Å². The van der Waals surface area contributed by atoms with Crippen LogP contribution in [0.4, 0.5) is 0 Å². The van der Waals surface area contributed by atoms with Crippen LogP contribution in [0, 0.1) is 0 Å². The lowest BCUT2D eigenvalue weighted by Gasteiger charge is -2.11. The normalized spacial score (nSPS) is 11.9. The highest BCUT2D eigenvalue weighted by Crippen LogP contribution is 2.38. The van der Waals surface area contributed by atoms with Crippen LogP contribution in [-0.2, 0) is 0 Å². The van der Waals surface area contributed by atoms with Gasteiger partial charge in [-0.15, -0.1) is 0 Å². The van der Waals surface area contributed by atoms with Crippen LogP contribution >= 0.6 is 0 Å². The Morgan fingerprint density at radius 1 is 0.392 bits per heavy atom. The molecule has 5 nitrogen and oxygen atoms in total. The summed E-state index contributed by atoms with van der Waals surface area (Å²) < 4.78 is 10.8. The van der Waals surface area contributed by atoms with Gasteiger partial charge in [0.25, 0.3) is 0 Å². The van der Waals surface area contributed by atoms with Crippen molar-refractivity contribution in [1.29, 1.82) is 0 Å². The predicted octanol–water partition coefficient (Wildman–Crippen LogP) is 11.9. The summed E-state index contributed by atoms with van der Waals surface area (Å²) in [7, 11) is 0. The Kier molecular flexibility index (Phi) is 5.89. The summed E-state index contributed by atoms with van der Waals surface area (Å²) in [5.74, 6) is 0.622. The van der Waals surface area contributed by atoms with E-state index in [0.717, 1.165) is 44.3 Å². The summed E-state index contributed by atoms with van der Waals surface area (Å²) in [5, 5.41) is 5.79. The van der Waals surface area contributed by atoms with Gasteiger partial charge in [0.15, 0.2) is 5.58 Å². The average Bonchev–Trinajstić information content (AvgIpc) is 3.85. The number of hydrogen-bond donors (Lipinski definition) is 0. The number of nitrogens with zero attached hydrogens (tertiary/aromatic N) is 4. The Labute approximate surface area is 292 Å². The Balaban J connectivity index is 1.06. The molecule has 0 aliphatic rings. The Morgan fingerprint density at radius 3 is 1.73 bits per heavy atom. The van der Waals surface area contributed by atoms with E-state index in [0.29, 0.717) is 11.5 Å². The molecule has 0 N–H and O–H groups in total. The average molecular weight is 653 g/mol. The molecule has 5 heteroatoms. The number of aromatic nitrogens is 4. The van der Waals surface area contributed by atoms with Gasteiger partial charge >= 0.3 is 0 Å². The monoisotopic (exact) mass is 652 g/mol. The summed E-state index contributed by atoms with van der Waals surface area (Å²) in [6.07, 6.45) is 1.80. The molecule has 0 saturated heterocycles. The van der Waals surface area contributed by atoms with Crippen molar-refractivity contribution in [2.75, 3.05) is 0 Å². The molecule has 11 aromatic rings. The molecule has 11 rings (SSSR count). The highest BCUT2D eigenvalue weighted by Gasteiger charge is 2.18. The summed E-state index contributed by atoms with van der Waals surface area (Å²) in [5.41, 5.74) is 12.5. The Morgan fingerprint density at radius 2 is 0.961 bits per heavy atom. The molecule has 0 aliphatic carbocycles. The molecule has 238 valence electrons. The quantitative estimate of drug-likeness (QED) is 0.190. The van der Waals surface area contributed by atoms with E-state index in [2.05, 4.69) is 167 Å². The minimum Gasteiger partial charge on any atom is -0.453 e. The molecule has 51 heavy (non-hydrogen) atoms.